The van der Waals surface area contributed by atoms with E-state index in [0.717, 1.165) is 6.07 Å². The monoisotopic (exact) mass is 532 g/mol. The maximum Gasteiger partial charge on any atom is 0.263 e. The van der Waals surface area contributed by atoms with Crippen molar-refractivity contribution in [3.05, 3.63) is 75.4 Å². The first-order valence-electron chi connectivity index (χ1n) is 9.34. The fourth-order valence-corrected chi connectivity index (χ4v) is 4.46. The van der Waals surface area contributed by atoms with Gasteiger partial charge in [0.15, 0.2) is 11.9 Å². The normalized spacial score (nSPS) is 12.3. The van der Waals surface area contributed by atoms with Crippen LogP contribution in [0, 0.1) is 17.1 Å². The Morgan fingerprint density at radius 3 is 2.73 bits per heavy atom. The van der Waals surface area contributed by atoms with E-state index in [4.69, 9.17) is 10.00 Å². The highest BCUT2D eigenvalue weighted by Gasteiger charge is 2.20. The summed E-state index contributed by atoms with van der Waals surface area (Å²) in [6.07, 6.45) is 0.354. The van der Waals surface area contributed by atoms with Crippen molar-refractivity contribution in [2.45, 2.75) is 17.9 Å². The number of pyridine rings is 1. The Bertz CT molecular complexity index is 1560. The van der Waals surface area contributed by atoms with Crippen molar-refractivity contribution in [2.24, 2.45) is 0 Å². The summed E-state index contributed by atoms with van der Waals surface area (Å²) in [4.78, 5) is 12.7. The molecule has 0 aliphatic heterocycles. The highest BCUT2D eigenvalue weighted by atomic mass is 79.9. The Morgan fingerprint density at radius 2 is 2.03 bits per heavy atom. The van der Waals surface area contributed by atoms with E-state index >= 15 is 0 Å². The van der Waals surface area contributed by atoms with Gasteiger partial charge in [-0.05, 0) is 53.2 Å². The predicted octanol–water partition coefficient (Wildman–Crippen LogP) is 3.97. The summed E-state index contributed by atoms with van der Waals surface area (Å²) in [7, 11) is -3.99. The average Bonchev–Trinajstić information content (AvgIpc) is 3.28. The summed E-state index contributed by atoms with van der Waals surface area (Å²) in [5.41, 5.74) is -0.140. The van der Waals surface area contributed by atoms with Gasteiger partial charge in [0.1, 0.15) is 23.9 Å². The molecule has 0 spiro atoms. The zero-order valence-corrected chi connectivity index (χ0v) is 19.2. The van der Waals surface area contributed by atoms with Crippen LogP contribution in [0.5, 0.6) is 5.75 Å². The van der Waals surface area contributed by atoms with Crippen LogP contribution in [0.3, 0.4) is 0 Å². The number of nitriles is 1. The smallest absolute Gasteiger partial charge is 0.263 e. The molecule has 4 aromatic rings. The molecule has 0 bridgehead atoms. The Balaban J connectivity index is 1.88. The summed E-state index contributed by atoms with van der Waals surface area (Å²) in [5, 5.41) is 13.0. The van der Waals surface area contributed by atoms with Crippen molar-refractivity contribution in [2.75, 3.05) is 4.72 Å². The molecule has 0 radical (unpaired) electrons. The number of anilines is 1. The maximum atomic E-state index is 14.4. The van der Waals surface area contributed by atoms with Crippen LogP contribution in [-0.4, -0.2) is 24.2 Å². The molecule has 1 atom stereocenters. The first-order chi connectivity index (χ1) is 15.7. The van der Waals surface area contributed by atoms with Crippen LogP contribution in [0.15, 0.2) is 73.5 Å². The summed E-state index contributed by atoms with van der Waals surface area (Å²) in [5.74, 6) is -0.544. The van der Waals surface area contributed by atoms with Crippen LogP contribution in [-0.2, 0) is 10.0 Å². The Morgan fingerprint density at radius 1 is 1.24 bits per heavy atom. The number of rotatable bonds is 6. The van der Waals surface area contributed by atoms with Gasteiger partial charge in [0.2, 0.25) is 0 Å². The molecule has 0 saturated heterocycles. The van der Waals surface area contributed by atoms with E-state index in [-0.39, 0.29) is 26.6 Å². The number of fused-ring (bicyclic) bond motifs is 1. The van der Waals surface area contributed by atoms with Crippen LogP contribution in [0.25, 0.3) is 16.6 Å². The topological polar surface area (TPSA) is 127 Å². The summed E-state index contributed by atoms with van der Waals surface area (Å²) in [6, 6.07) is 12.5. The number of hydrogen-bond donors (Lipinski definition) is 1. The van der Waals surface area contributed by atoms with E-state index in [2.05, 4.69) is 30.3 Å². The van der Waals surface area contributed by atoms with Crippen molar-refractivity contribution < 1.29 is 22.1 Å². The van der Waals surface area contributed by atoms with Crippen molar-refractivity contribution in [1.82, 2.24) is 9.72 Å². The number of halogens is 2. The average molecular weight is 533 g/mol. The molecule has 168 valence electrons. The van der Waals surface area contributed by atoms with Crippen molar-refractivity contribution >= 4 is 42.7 Å². The third-order valence-electron chi connectivity index (χ3n) is 4.58. The van der Waals surface area contributed by atoms with Gasteiger partial charge in [-0.2, -0.15) is 5.26 Å². The molecule has 0 aliphatic carbocycles. The number of aromatic nitrogens is 2. The third kappa shape index (κ3) is 4.46. The van der Waals surface area contributed by atoms with Crippen LogP contribution >= 0.6 is 15.9 Å². The molecule has 0 fully saturated rings. The number of nitrogens with one attached hydrogen (secondary N) is 1. The number of ether oxygens (including phenoxy) is 1. The highest BCUT2D eigenvalue weighted by Crippen LogP contribution is 2.32. The van der Waals surface area contributed by atoms with Gasteiger partial charge >= 0.3 is 0 Å². The number of benzene rings is 2. The minimum Gasteiger partial charge on any atom is -0.474 e. The van der Waals surface area contributed by atoms with E-state index in [1.165, 1.54) is 60.2 Å². The number of nitrogens with zero attached hydrogens (tertiary/aromatic N) is 3. The largest absolute Gasteiger partial charge is 0.474 e. The molecule has 1 unspecified atom stereocenters. The number of sulfonamides is 1. The van der Waals surface area contributed by atoms with Gasteiger partial charge in [0.25, 0.3) is 15.6 Å². The molecule has 4 rings (SSSR count). The lowest BCUT2D eigenvalue weighted by molar-refractivity contribution is 0.275. The summed E-state index contributed by atoms with van der Waals surface area (Å²) < 4.78 is 53.6. The predicted molar refractivity (Wildman–Crippen MR) is 120 cm³/mol. The molecular weight excluding hydrogens is 519 g/mol. The fraction of sp³-hybridized carbons (Fsp3) is 0.0952. The second-order valence-electron chi connectivity index (χ2n) is 6.84. The molecule has 2 aromatic carbocycles. The lowest BCUT2D eigenvalue weighted by Gasteiger charge is -2.17. The van der Waals surface area contributed by atoms with E-state index in [1.54, 1.807) is 0 Å². The minimum atomic E-state index is -3.99. The van der Waals surface area contributed by atoms with Gasteiger partial charge in [-0.25, -0.2) is 12.8 Å². The minimum absolute atomic E-state index is 0.0128. The highest BCUT2D eigenvalue weighted by molar-refractivity contribution is 9.10. The zero-order valence-electron chi connectivity index (χ0n) is 16.8. The van der Waals surface area contributed by atoms with Gasteiger partial charge < -0.3 is 9.26 Å². The molecule has 0 aliphatic rings. The van der Waals surface area contributed by atoms with Crippen molar-refractivity contribution in [3.63, 3.8) is 0 Å². The van der Waals surface area contributed by atoms with Gasteiger partial charge in [0.05, 0.1) is 20.6 Å². The molecule has 12 heteroatoms. The van der Waals surface area contributed by atoms with Crippen LogP contribution in [0.1, 0.15) is 6.92 Å². The second kappa shape index (κ2) is 8.68. The number of hydrogen-bond acceptors (Lipinski definition) is 7. The Labute approximate surface area is 195 Å². The summed E-state index contributed by atoms with van der Waals surface area (Å²) >= 11 is 3.08. The van der Waals surface area contributed by atoms with Crippen LogP contribution in [0.2, 0.25) is 0 Å². The summed E-state index contributed by atoms with van der Waals surface area (Å²) in [6.45, 7) is 1.51. The maximum absolute atomic E-state index is 14.4. The van der Waals surface area contributed by atoms with Crippen molar-refractivity contribution in [1.29, 1.82) is 5.26 Å². The van der Waals surface area contributed by atoms with Gasteiger partial charge in [-0.1, -0.05) is 5.16 Å². The zero-order chi connectivity index (χ0) is 23.8. The molecule has 0 amide bonds. The van der Waals surface area contributed by atoms with E-state index in [9.17, 15) is 17.6 Å². The second-order valence-corrected chi connectivity index (χ2v) is 9.38. The lowest BCUT2D eigenvalue weighted by Crippen LogP contribution is -2.20. The molecular formula is C21H14BrFN4O5S. The van der Waals surface area contributed by atoms with E-state index < -0.39 is 27.5 Å². The Hall–Kier alpha value is -3.69. The fourth-order valence-electron chi connectivity index (χ4n) is 3.11. The Kier molecular flexibility index (Phi) is 5.92. The van der Waals surface area contributed by atoms with Crippen molar-refractivity contribution in [3.8, 4) is 17.5 Å². The van der Waals surface area contributed by atoms with Gasteiger partial charge in [-0.15, -0.1) is 0 Å². The standard InChI is InChI=1S/C21H14BrFN4O5S/c1-12(11-24)32-19-9-15(22)16(23)10-18(19)27-17-4-3-14(8-13(17)2-5-21(27)28)33(29,30)26-20-6-7-31-25-20/h2-10,12H,1H3,(H,25,26). The molecule has 1 N–H and O–H groups in total. The molecule has 0 saturated carbocycles. The molecule has 2 aromatic heterocycles. The SMILES string of the molecule is CC(C#N)Oc1cc(Br)c(F)cc1-n1c(=O)ccc2cc(S(=O)(=O)Nc3ccon3)ccc21. The molecule has 2 heterocycles. The lowest BCUT2D eigenvalue weighted by atomic mass is 10.2. The quantitative estimate of drug-likeness (QED) is 0.397. The van der Waals surface area contributed by atoms with Crippen LogP contribution in [0.4, 0.5) is 10.2 Å². The third-order valence-corrected chi connectivity index (χ3v) is 6.54. The van der Waals surface area contributed by atoms with Gasteiger partial charge in [-0.3, -0.25) is 14.1 Å². The molecule has 33 heavy (non-hydrogen) atoms. The van der Waals surface area contributed by atoms with E-state index in [0.29, 0.717) is 10.9 Å². The van der Waals surface area contributed by atoms with E-state index in [1.807, 2.05) is 6.07 Å². The first kappa shape index (κ1) is 22.5. The molecule has 9 nitrogen and oxygen atoms in total. The van der Waals surface area contributed by atoms with Gasteiger partial charge in [0, 0.05) is 23.6 Å². The first-order valence-corrected chi connectivity index (χ1v) is 11.6. The van der Waals surface area contributed by atoms with Crippen LogP contribution < -0.4 is 15.0 Å².